The molecule has 1 aliphatic heterocycles. The monoisotopic (exact) mass is 298 g/mol. The lowest BCUT2D eigenvalue weighted by atomic mass is 10.1. The number of aromatic amines is 1. The van der Waals surface area contributed by atoms with Crippen LogP contribution < -0.4 is 14.8 Å². The molecule has 110 valence electrons. The van der Waals surface area contributed by atoms with Crippen molar-refractivity contribution in [2.75, 3.05) is 12.1 Å². The van der Waals surface area contributed by atoms with Crippen LogP contribution in [0.3, 0.4) is 0 Å². The van der Waals surface area contributed by atoms with Gasteiger partial charge in [-0.05, 0) is 30.3 Å². The van der Waals surface area contributed by atoms with Crippen molar-refractivity contribution in [1.29, 1.82) is 0 Å². The van der Waals surface area contributed by atoms with Crippen LogP contribution in [0, 0.1) is 5.82 Å². The minimum atomic E-state index is -0.350. The maximum absolute atomic E-state index is 13.2. The molecule has 0 atom stereocenters. The Labute approximate surface area is 124 Å². The molecule has 1 aromatic heterocycles. The van der Waals surface area contributed by atoms with Gasteiger partial charge in [0.1, 0.15) is 5.82 Å². The Kier molecular flexibility index (Phi) is 2.75. The second kappa shape index (κ2) is 4.77. The highest BCUT2D eigenvalue weighted by atomic mass is 19.1. The van der Waals surface area contributed by atoms with E-state index in [1.165, 1.54) is 12.1 Å². The normalized spacial score (nSPS) is 12.6. The van der Waals surface area contributed by atoms with Crippen molar-refractivity contribution in [3.63, 3.8) is 0 Å². The highest BCUT2D eigenvalue weighted by Gasteiger charge is 2.16. The van der Waals surface area contributed by atoms with E-state index in [1.807, 2.05) is 0 Å². The zero-order valence-electron chi connectivity index (χ0n) is 11.4. The minimum Gasteiger partial charge on any atom is -0.454 e. The minimum absolute atomic E-state index is 0.181. The van der Waals surface area contributed by atoms with E-state index >= 15 is 0 Å². The molecule has 0 bridgehead atoms. The molecular weight excluding hydrogens is 287 g/mol. The van der Waals surface area contributed by atoms with Gasteiger partial charge in [0.2, 0.25) is 6.79 Å². The topological polar surface area (TPSA) is 63.4 Å². The molecule has 2 heterocycles. The molecule has 2 aromatic carbocycles. The molecule has 0 saturated heterocycles. The van der Waals surface area contributed by atoms with Gasteiger partial charge in [0, 0.05) is 28.9 Å². The number of carbonyl (C=O) groups excluding carboxylic acids is 1. The van der Waals surface area contributed by atoms with Crippen LogP contribution >= 0.6 is 0 Å². The first-order valence-electron chi connectivity index (χ1n) is 6.68. The zero-order valence-corrected chi connectivity index (χ0v) is 11.4. The maximum atomic E-state index is 13.2. The number of rotatable bonds is 2. The van der Waals surface area contributed by atoms with Gasteiger partial charge in [-0.25, -0.2) is 4.39 Å². The first-order valence-corrected chi connectivity index (χ1v) is 6.68. The van der Waals surface area contributed by atoms with E-state index in [-0.39, 0.29) is 18.5 Å². The summed E-state index contributed by atoms with van der Waals surface area (Å²) in [5.74, 6) is 0.619. The van der Waals surface area contributed by atoms with E-state index in [4.69, 9.17) is 9.47 Å². The summed E-state index contributed by atoms with van der Waals surface area (Å²) in [4.78, 5) is 15.3. The van der Waals surface area contributed by atoms with Crippen LogP contribution in [-0.4, -0.2) is 17.7 Å². The second-order valence-electron chi connectivity index (χ2n) is 4.91. The smallest absolute Gasteiger partial charge is 0.257 e. The highest BCUT2D eigenvalue weighted by molar-refractivity contribution is 6.12. The molecule has 3 aromatic rings. The summed E-state index contributed by atoms with van der Waals surface area (Å²) < 4.78 is 23.7. The molecule has 4 rings (SSSR count). The standard InChI is InChI=1S/C16H11FN2O3/c17-9-1-3-11-12(7-18-13(11)5-9)16(20)19-10-2-4-14-15(6-10)22-8-21-14/h1-7,18H,8H2,(H,19,20). The van der Waals surface area contributed by atoms with Gasteiger partial charge in [-0.3, -0.25) is 4.79 Å². The van der Waals surface area contributed by atoms with Gasteiger partial charge in [-0.1, -0.05) is 0 Å². The predicted molar refractivity (Wildman–Crippen MR) is 78.8 cm³/mol. The number of nitrogens with one attached hydrogen (secondary N) is 2. The summed E-state index contributed by atoms with van der Waals surface area (Å²) in [6.45, 7) is 0.181. The predicted octanol–water partition coefficient (Wildman–Crippen LogP) is 3.29. The average molecular weight is 298 g/mol. The Hall–Kier alpha value is -3.02. The SMILES string of the molecule is O=C(Nc1ccc2c(c1)OCO2)c1c[nH]c2cc(F)ccc12. The van der Waals surface area contributed by atoms with Gasteiger partial charge in [0.25, 0.3) is 5.91 Å². The number of hydrogen-bond donors (Lipinski definition) is 2. The summed E-state index contributed by atoms with van der Waals surface area (Å²) in [5, 5.41) is 3.46. The zero-order chi connectivity index (χ0) is 15.1. The largest absolute Gasteiger partial charge is 0.454 e. The average Bonchev–Trinajstić information content (AvgIpc) is 3.12. The molecule has 0 radical (unpaired) electrons. The molecule has 5 nitrogen and oxygen atoms in total. The number of aromatic nitrogens is 1. The van der Waals surface area contributed by atoms with Crippen molar-refractivity contribution in [2.24, 2.45) is 0 Å². The van der Waals surface area contributed by atoms with Crippen LogP contribution in [0.15, 0.2) is 42.6 Å². The Morgan fingerprint density at radius 3 is 2.91 bits per heavy atom. The second-order valence-corrected chi connectivity index (χ2v) is 4.91. The van der Waals surface area contributed by atoms with Crippen molar-refractivity contribution in [3.05, 3.63) is 54.0 Å². The molecule has 6 heteroatoms. The summed E-state index contributed by atoms with van der Waals surface area (Å²) >= 11 is 0. The molecule has 0 fully saturated rings. The van der Waals surface area contributed by atoms with Crippen LogP contribution in [0.5, 0.6) is 11.5 Å². The molecule has 0 aliphatic carbocycles. The van der Waals surface area contributed by atoms with Gasteiger partial charge in [0.15, 0.2) is 11.5 Å². The fourth-order valence-electron chi connectivity index (χ4n) is 2.46. The van der Waals surface area contributed by atoms with E-state index in [9.17, 15) is 9.18 Å². The van der Waals surface area contributed by atoms with E-state index in [2.05, 4.69) is 10.3 Å². The molecule has 22 heavy (non-hydrogen) atoms. The van der Waals surface area contributed by atoms with Crippen molar-refractivity contribution in [1.82, 2.24) is 4.98 Å². The van der Waals surface area contributed by atoms with E-state index < -0.39 is 0 Å². The number of amides is 1. The Bertz CT molecular complexity index is 888. The number of hydrogen-bond acceptors (Lipinski definition) is 3. The molecule has 0 saturated carbocycles. The van der Waals surface area contributed by atoms with Crippen molar-refractivity contribution < 1.29 is 18.7 Å². The van der Waals surface area contributed by atoms with Crippen LogP contribution in [0.25, 0.3) is 10.9 Å². The van der Waals surface area contributed by atoms with Crippen LogP contribution in [0.2, 0.25) is 0 Å². The maximum Gasteiger partial charge on any atom is 0.257 e. The quantitative estimate of drug-likeness (QED) is 0.763. The molecule has 0 unspecified atom stereocenters. The number of H-pyrrole nitrogens is 1. The fourth-order valence-corrected chi connectivity index (χ4v) is 2.46. The number of ether oxygens (including phenoxy) is 2. The third-order valence-electron chi connectivity index (χ3n) is 3.52. The lowest BCUT2D eigenvalue weighted by molar-refractivity contribution is 0.102. The van der Waals surface area contributed by atoms with Gasteiger partial charge in [-0.15, -0.1) is 0 Å². The Balaban J connectivity index is 1.63. The molecule has 1 aliphatic rings. The number of benzene rings is 2. The van der Waals surface area contributed by atoms with Gasteiger partial charge in [-0.2, -0.15) is 0 Å². The molecule has 1 amide bonds. The summed E-state index contributed by atoms with van der Waals surface area (Å²) in [6, 6.07) is 9.44. The lowest BCUT2D eigenvalue weighted by Gasteiger charge is -2.05. The number of fused-ring (bicyclic) bond motifs is 2. The summed E-state index contributed by atoms with van der Waals surface area (Å²) in [5.41, 5.74) is 1.63. The third kappa shape index (κ3) is 2.05. The first kappa shape index (κ1) is 12.7. The number of carbonyl (C=O) groups is 1. The number of halogens is 1. The third-order valence-corrected chi connectivity index (χ3v) is 3.52. The summed E-state index contributed by atoms with van der Waals surface area (Å²) in [7, 11) is 0. The lowest BCUT2D eigenvalue weighted by Crippen LogP contribution is -2.11. The van der Waals surface area contributed by atoms with Crippen molar-refractivity contribution in [2.45, 2.75) is 0 Å². The Morgan fingerprint density at radius 2 is 2.00 bits per heavy atom. The van der Waals surface area contributed by atoms with Gasteiger partial charge < -0.3 is 19.8 Å². The summed E-state index contributed by atoms with van der Waals surface area (Å²) in [6.07, 6.45) is 1.56. The van der Waals surface area contributed by atoms with E-state index in [0.717, 1.165) is 0 Å². The fraction of sp³-hybridized carbons (Fsp3) is 0.0625. The number of anilines is 1. The van der Waals surface area contributed by atoms with Gasteiger partial charge >= 0.3 is 0 Å². The van der Waals surface area contributed by atoms with Crippen LogP contribution in [0.1, 0.15) is 10.4 Å². The van der Waals surface area contributed by atoms with E-state index in [0.29, 0.717) is 33.7 Å². The highest BCUT2D eigenvalue weighted by Crippen LogP contribution is 2.34. The van der Waals surface area contributed by atoms with E-state index in [1.54, 1.807) is 30.5 Å². The van der Waals surface area contributed by atoms with Crippen molar-refractivity contribution >= 4 is 22.5 Å². The Morgan fingerprint density at radius 1 is 1.14 bits per heavy atom. The van der Waals surface area contributed by atoms with Gasteiger partial charge in [0.05, 0.1) is 5.56 Å². The molecule has 0 spiro atoms. The van der Waals surface area contributed by atoms with Crippen LogP contribution in [-0.2, 0) is 0 Å². The van der Waals surface area contributed by atoms with Crippen LogP contribution in [0.4, 0.5) is 10.1 Å². The first-order chi connectivity index (χ1) is 10.7. The molecule has 2 N–H and O–H groups in total. The molecular formula is C16H11FN2O3. The van der Waals surface area contributed by atoms with Crippen molar-refractivity contribution in [3.8, 4) is 11.5 Å².